The zero-order chi connectivity index (χ0) is 13.5. The molecule has 2 unspecified atom stereocenters. The number of hydrogen-bond acceptors (Lipinski definition) is 5. The molecule has 104 valence electrons. The third-order valence-electron chi connectivity index (χ3n) is 2.76. The maximum atomic E-state index is 11.9. The average molecular weight is 277 g/mol. The van der Waals surface area contributed by atoms with Crippen molar-refractivity contribution in [2.45, 2.75) is 18.6 Å². The van der Waals surface area contributed by atoms with Crippen LogP contribution in [0.1, 0.15) is 13.3 Å². The van der Waals surface area contributed by atoms with Crippen molar-refractivity contribution in [2.75, 3.05) is 39.2 Å². The number of carbonyl (C=O) groups excluding carboxylic acids is 2. The Morgan fingerprint density at radius 2 is 2.00 bits per heavy atom. The van der Waals surface area contributed by atoms with Crippen LogP contribution in [0.5, 0.6) is 0 Å². The second-order valence-corrected chi connectivity index (χ2v) is 5.96. The van der Waals surface area contributed by atoms with Crippen LogP contribution in [0.2, 0.25) is 0 Å². The van der Waals surface area contributed by atoms with E-state index in [1.165, 1.54) is 7.11 Å². The lowest BCUT2D eigenvalue weighted by Gasteiger charge is -2.27. The molecule has 1 amide bonds. The fourth-order valence-corrected chi connectivity index (χ4v) is 2.61. The van der Waals surface area contributed by atoms with Gasteiger partial charge in [-0.2, -0.15) is 0 Å². The van der Waals surface area contributed by atoms with Crippen molar-refractivity contribution in [1.29, 1.82) is 0 Å². The van der Waals surface area contributed by atoms with E-state index >= 15 is 0 Å². The first kappa shape index (κ1) is 15.1. The SMILES string of the molecule is COC(=O)CC(C)S(=O)CC(=O)N1CCOCC1. The Balaban J connectivity index is 2.38. The van der Waals surface area contributed by atoms with Crippen LogP contribution in [0.25, 0.3) is 0 Å². The first-order chi connectivity index (χ1) is 8.54. The molecular weight excluding hydrogens is 258 g/mol. The number of esters is 1. The summed E-state index contributed by atoms with van der Waals surface area (Å²) in [4.78, 5) is 24.5. The molecule has 6 nitrogen and oxygen atoms in total. The molecule has 1 aliphatic heterocycles. The van der Waals surface area contributed by atoms with Gasteiger partial charge in [-0.05, 0) is 0 Å². The van der Waals surface area contributed by atoms with Gasteiger partial charge in [0.25, 0.3) is 0 Å². The Kier molecular flexibility index (Phi) is 6.28. The van der Waals surface area contributed by atoms with Crippen molar-refractivity contribution in [3.05, 3.63) is 0 Å². The van der Waals surface area contributed by atoms with Gasteiger partial charge in [0, 0.05) is 29.1 Å². The third-order valence-corrected chi connectivity index (χ3v) is 4.36. The van der Waals surface area contributed by atoms with Crippen LogP contribution in [0.3, 0.4) is 0 Å². The molecule has 0 aromatic rings. The Morgan fingerprint density at radius 3 is 2.56 bits per heavy atom. The van der Waals surface area contributed by atoms with Gasteiger partial charge in [-0.3, -0.25) is 13.8 Å². The normalized spacial score (nSPS) is 19.1. The van der Waals surface area contributed by atoms with Gasteiger partial charge in [-0.15, -0.1) is 0 Å². The number of amides is 1. The summed E-state index contributed by atoms with van der Waals surface area (Å²) in [5, 5.41) is -0.373. The summed E-state index contributed by atoms with van der Waals surface area (Å²) in [7, 11) is -0.0630. The van der Waals surface area contributed by atoms with Crippen molar-refractivity contribution in [2.24, 2.45) is 0 Å². The molecule has 7 heteroatoms. The number of nitrogens with zero attached hydrogens (tertiary/aromatic N) is 1. The van der Waals surface area contributed by atoms with E-state index in [1.807, 2.05) is 0 Å². The van der Waals surface area contributed by atoms with Gasteiger partial charge in [0.2, 0.25) is 5.91 Å². The average Bonchev–Trinajstić information content (AvgIpc) is 2.39. The summed E-state index contributed by atoms with van der Waals surface area (Å²) in [6.45, 7) is 3.81. The molecule has 0 aromatic heterocycles. The molecule has 18 heavy (non-hydrogen) atoms. The lowest BCUT2D eigenvalue weighted by atomic mass is 10.3. The molecular formula is C11H19NO5S. The van der Waals surface area contributed by atoms with E-state index in [-0.39, 0.29) is 23.3 Å². The van der Waals surface area contributed by atoms with Gasteiger partial charge in [0.15, 0.2) is 0 Å². The lowest BCUT2D eigenvalue weighted by molar-refractivity contribution is -0.140. The molecule has 0 N–H and O–H groups in total. The molecule has 0 bridgehead atoms. The topological polar surface area (TPSA) is 72.9 Å². The Bertz CT molecular complexity index is 327. The predicted molar refractivity (Wildman–Crippen MR) is 66.5 cm³/mol. The highest BCUT2D eigenvalue weighted by atomic mass is 32.2. The zero-order valence-corrected chi connectivity index (χ0v) is 11.5. The summed E-state index contributed by atoms with van der Waals surface area (Å²) in [5.74, 6) is -0.596. The smallest absolute Gasteiger partial charge is 0.306 e. The molecule has 1 fully saturated rings. The van der Waals surface area contributed by atoms with Crippen LogP contribution in [0.4, 0.5) is 0 Å². The van der Waals surface area contributed by atoms with E-state index in [9.17, 15) is 13.8 Å². The fourth-order valence-electron chi connectivity index (χ4n) is 1.58. The quantitative estimate of drug-likeness (QED) is 0.636. The Morgan fingerprint density at radius 1 is 1.39 bits per heavy atom. The monoisotopic (exact) mass is 277 g/mol. The molecule has 0 aliphatic carbocycles. The number of hydrogen-bond donors (Lipinski definition) is 0. The maximum absolute atomic E-state index is 11.9. The highest BCUT2D eigenvalue weighted by Crippen LogP contribution is 2.06. The predicted octanol–water partition coefficient (Wildman–Crippen LogP) is -0.454. The fraction of sp³-hybridized carbons (Fsp3) is 0.818. The third kappa shape index (κ3) is 4.73. The van der Waals surface area contributed by atoms with E-state index in [2.05, 4.69) is 4.74 Å². The second kappa shape index (κ2) is 7.48. The molecule has 1 heterocycles. The van der Waals surface area contributed by atoms with Crippen molar-refractivity contribution >= 4 is 22.7 Å². The van der Waals surface area contributed by atoms with Crippen LogP contribution in [0.15, 0.2) is 0 Å². The largest absolute Gasteiger partial charge is 0.469 e. The molecule has 0 radical (unpaired) electrons. The van der Waals surface area contributed by atoms with Gasteiger partial charge >= 0.3 is 5.97 Å². The van der Waals surface area contributed by atoms with Crippen molar-refractivity contribution in [3.8, 4) is 0 Å². The first-order valence-electron chi connectivity index (χ1n) is 5.84. The molecule has 1 rings (SSSR count). The van der Waals surface area contributed by atoms with Gasteiger partial charge < -0.3 is 14.4 Å². The van der Waals surface area contributed by atoms with E-state index < -0.39 is 16.8 Å². The van der Waals surface area contributed by atoms with E-state index in [4.69, 9.17) is 4.74 Å². The first-order valence-corrected chi connectivity index (χ1v) is 7.22. The van der Waals surface area contributed by atoms with Crippen LogP contribution in [-0.2, 0) is 29.9 Å². The zero-order valence-electron chi connectivity index (χ0n) is 10.7. The Hall–Kier alpha value is -0.950. The van der Waals surface area contributed by atoms with E-state index in [0.29, 0.717) is 26.3 Å². The number of morpholine rings is 1. The van der Waals surface area contributed by atoms with Crippen molar-refractivity contribution in [3.63, 3.8) is 0 Å². The lowest BCUT2D eigenvalue weighted by Crippen LogP contribution is -2.43. The second-order valence-electron chi connectivity index (χ2n) is 4.11. The van der Waals surface area contributed by atoms with Gasteiger partial charge in [0.1, 0.15) is 5.75 Å². The van der Waals surface area contributed by atoms with E-state index in [0.717, 1.165) is 0 Å². The van der Waals surface area contributed by atoms with Crippen LogP contribution in [0, 0.1) is 0 Å². The highest BCUT2D eigenvalue weighted by Gasteiger charge is 2.23. The maximum Gasteiger partial charge on any atom is 0.306 e. The molecule has 0 aromatic carbocycles. The van der Waals surface area contributed by atoms with Gasteiger partial charge in [-0.1, -0.05) is 6.92 Å². The van der Waals surface area contributed by atoms with Gasteiger partial charge in [0.05, 0.1) is 26.7 Å². The number of methoxy groups -OCH3 is 1. The number of ether oxygens (including phenoxy) is 2. The minimum atomic E-state index is -1.35. The summed E-state index contributed by atoms with van der Waals surface area (Å²) in [5.41, 5.74) is 0. The molecule has 1 aliphatic rings. The molecule has 0 spiro atoms. The summed E-state index contributed by atoms with van der Waals surface area (Å²) in [6, 6.07) is 0. The Labute approximate surface area is 109 Å². The molecule has 2 atom stereocenters. The summed E-state index contributed by atoms with van der Waals surface area (Å²) >= 11 is 0. The van der Waals surface area contributed by atoms with Crippen molar-refractivity contribution in [1.82, 2.24) is 4.90 Å². The van der Waals surface area contributed by atoms with Gasteiger partial charge in [-0.25, -0.2) is 0 Å². The minimum Gasteiger partial charge on any atom is -0.469 e. The summed E-state index contributed by atoms with van der Waals surface area (Å²) in [6.07, 6.45) is 0.0690. The molecule has 1 saturated heterocycles. The number of carbonyl (C=O) groups is 2. The highest BCUT2D eigenvalue weighted by molar-refractivity contribution is 7.86. The standard InChI is InChI=1S/C11H19NO5S/c1-9(7-11(14)16-2)18(15)8-10(13)12-3-5-17-6-4-12/h9H,3-8H2,1-2H3. The minimum absolute atomic E-state index is 0.0435. The summed E-state index contributed by atoms with van der Waals surface area (Å²) < 4.78 is 21.5. The van der Waals surface area contributed by atoms with Crippen molar-refractivity contribution < 1.29 is 23.3 Å². The number of rotatable bonds is 5. The van der Waals surface area contributed by atoms with Crippen LogP contribution < -0.4 is 0 Å². The van der Waals surface area contributed by atoms with Crippen LogP contribution >= 0.6 is 0 Å². The molecule has 0 saturated carbocycles. The van der Waals surface area contributed by atoms with Crippen LogP contribution in [-0.4, -0.2) is 65.4 Å². The van der Waals surface area contributed by atoms with E-state index in [1.54, 1.807) is 11.8 Å².